The van der Waals surface area contributed by atoms with Gasteiger partial charge >= 0.3 is 6.36 Å². The van der Waals surface area contributed by atoms with Crippen LogP contribution >= 0.6 is 0 Å². The highest BCUT2D eigenvalue weighted by atomic mass is 19.4. The summed E-state index contributed by atoms with van der Waals surface area (Å²) in [6, 6.07) is 18.7. The number of carbonyl (C=O) groups is 1. The summed E-state index contributed by atoms with van der Waals surface area (Å²) in [4.78, 5) is 19.7. The van der Waals surface area contributed by atoms with Crippen molar-refractivity contribution in [3.05, 3.63) is 83.7 Å². The van der Waals surface area contributed by atoms with Gasteiger partial charge in [0.25, 0.3) is 0 Å². The van der Waals surface area contributed by atoms with Crippen molar-refractivity contribution in [1.82, 2.24) is 9.97 Å². The van der Waals surface area contributed by atoms with Gasteiger partial charge in [-0.3, -0.25) is 4.79 Å². The first-order valence-corrected chi connectivity index (χ1v) is 9.42. The number of alkyl halides is 3. The first-order chi connectivity index (χ1) is 14.8. The van der Waals surface area contributed by atoms with Crippen LogP contribution < -0.4 is 4.74 Å². The molecule has 4 rings (SSSR count). The Kier molecular flexibility index (Phi) is 5.33. The number of hydrogen-bond acceptors (Lipinski definition) is 3. The predicted octanol–water partition coefficient (Wildman–Crippen LogP) is 6.50. The van der Waals surface area contributed by atoms with Crippen LogP contribution in [0.1, 0.15) is 28.7 Å². The molecule has 1 heterocycles. The summed E-state index contributed by atoms with van der Waals surface area (Å²) < 4.78 is 40.6. The van der Waals surface area contributed by atoms with Crippen LogP contribution in [0.25, 0.3) is 34.3 Å². The molecule has 0 saturated carbocycles. The van der Waals surface area contributed by atoms with Crippen molar-refractivity contribution in [2.24, 2.45) is 0 Å². The number of H-pyrrole nitrogens is 1. The van der Waals surface area contributed by atoms with E-state index in [1.807, 2.05) is 36.4 Å². The van der Waals surface area contributed by atoms with E-state index in [-0.39, 0.29) is 11.5 Å². The van der Waals surface area contributed by atoms with E-state index in [4.69, 9.17) is 0 Å². The number of aromatic amines is 1. The van der Waals surface area contributed by atoms with E-state index in [0.717, 1.165) is 22.2 Å². The second-order valence-corrected chi connectivity index (χ2v) is 6.91. The third kappa shape index (κ3) is 4.83. The number of aromatic nitrogens is 2. The highest BCUT2D eigenvalue weighted by Gasteiger charge is 2.30. The van der Waals surface area contributed by atoms with E-state index in [1.165, 1.54) is 31.2 Å². The van der Waals surface area contributed by atoms with Gasteiger partial charge in [-0.1, -0.05) is 48.5 Å². The summed E-state index contributed by atoms with van der Waals surface area (Å²) in [5, 5.41) is 0. The maximum atomic E-state index is 12.2. The highest BCUT2D eigenvalue weighted by molar-refractivity contribution is 6.01. The first kappa shape index (κ1) is 20.4. The summed E-state index contributed by atoms with van der Waals surface area (Å²) in [5.74, 6) is 0.322. The van der Waals surface area contributed by atoms with Crippen molar-refractivity contribution in [1.29, 1.82) is 0 Å². The normalized spacial score (nSPS) is 11.9. The number of imidazole rings is 1. The SMILES string of the molecule is CC(=O)c1ccccc1-c1ccc2[nH]c(C=Cc3ccc(OC(F)(F)F)cc3)nc2c1. The molecule has 31 heavy (non-hydrogen) atoms. The molecule has 4 nitrogen and oxygen atoms in total. The van der Waals surface area contributed by atoms with E-state index in [1.54, 1.807) is 18.2 Å². The fourth-order valence-electron chi connectivity index (χ4n) is 3.27. The second kappa shape index (κ2) is 8.10. The number of benzene rings is 3. The number of halogens is 3. The van der Waals surface area contributed by atoms with Gasteiger partial charge in [-0.15, -0.1) is 13.2 Å². The first-order valence-electron chi connectivity index (χ1n) is 9.42. The van der Waals surface area contributed by atoms with Crippen molar-refractivity contribution >= 4 is 29.0 Å². The Bertz CT molecular complexity index is 1270. The van der Waals surface area contributed by atoms with E-state index < -0.39 is 6.36 Å². The molecule has 0 spiro atoms. The number of rotatable bonds is 5. The van der Waals surface area contributed by atoms with Gasteiger partial charge in [0.05, 0.1) is 11.0 Å². The number of carbonyl (C=O) groups excluding carboxylic acids is 1. The largest absolute Gasteiger partial charge is 0.573 e. The van der Waals surface area contributed by atoms with Crippen LogP contribution in [-0.2, 0) is 0 Å². The van der Waals surface area contributed by atoms with Gasteiger partial charge in [-0.2, -0.15) is 0 Å². The molecule has 0 saturated heterocycles. The van der Waals surface area contributed by atoms with Crippen molar-refractivity contribution < 1.29 is 22.7 Å². The van der Waals surface area contributed by atoms with Crippen molar-refractivity contribution in [3.63, 3.8) is 0 Å². The van der Waals surface area contributed by atoms with Gasteiger partial charge in [-0.25, -0.2) is 4.98 Å². The Hall–Kier alpha value is -3.87. The zero-order valence-corrected chi connectivity index (χ0v) is 16.4. The lowest BCUT2D eigenvalue weighted by atomic mass is 9.97. The summed E-state index contributed by atoms with van der Waals surface area (Å²) in [6.07, 6.45) is -1.24. The van der Waals surface area contributed by atoms with Crippen molar-refractivity contribution in [2.75, 3.05) is 0 Å². The number of ketones is 1. The van der Waals surface area contributed by atoms with E-state index in [2.05, 4.69) is 14.7 Å². The number of Topliss-reactive ketones (excluding diaryl/α,β-unsaturated/α-hetero) is 1. The lowest BCUT2D eigenvalue weighted by molar-refractivity contribution is -0.274. The molecule has 1 N–H and O–H groups in total. The third-order valence-electron chi connectivity index (χ3n) is 4.67. The molecule has 156 valence electrons. The van der Waals surface area contributed by atoms with E-state index in [0.29, 0.717) is 17.0 Å². The van der Waals surface area contributed by atoms with E-state index in [9.17, 15) is 18.0 Å². The number of ether oxygens (including phenoxy) is 1. The number of nitrogens with zero attached hydrogens (tertiary/aromatic N) is 1. The molecule has 7 heteroatoms. The maximum absolute atomic E-state index is 12.2. The molecule has 3 aromatic carbocycles. The minimum Gasteiger partial charge on any atom is -0.406 e. The van der Waals surface area contributed by atoms with Gasteiger partial charge in [-0.05, 0) is 54.0 Å². The van der Waals surface area contributed by atoms with Gasteiger partial charge in [0, 0.05) is 5.56 Å². The Morgan fingerprint density at radius 1 is 1.00 bits per heavy atom. The predicted molar refractivity (Wildman–Crippen MR) is 114 cm³/mol. The minimum absolute atomic E-state index is 0.00648. The Balaban J connectivity index is 1.57. The van der Waals surface area contributed by atoms with Crippen molar-refractivity contribution in [3.8, 4) is 16.9 Å². The molecule has 0 bridgehead atoms. The van der Waals surface area contributed by atoms with Gasteiger partial charge < -0.3 is 9.72 Å². The van der Waals surface area contributed by atoms with Gasteiger partial charge in [0.15, 0.2) is 5.78 Å². The molecule has 0 atom stereocenters. The topological polar surface area (TPSA) is 55.0 Å². The second-order valence-electron chi connectivity index (χ2n) is 6.91. The fourth-order valence-corrected chi connectivity index (χ4v) is 3.27. The molecule has 1 aromatic heterocycles. The molecule has 0 aliphatic heterocycles. The molecule has 0 radical (unpaired) electrons. The number of fused-ring (bicyclic) bond motifs is 1. The van der Waals surface area contributed by atoms with Crippen LogP contribution in [-0.4, -0.2) is 22.1 Å². The molecule has 0 aliphatic carbocycles. The molecule has 0 amide bonds. The average Bonchev–Trinajstić information content (AvgIpc) is 3.14. The van der Waals surface area contributed by atoms with E-state index >= 15 is 0 Å². The van der Waals surface area contributed by atoms with Crippen LogP contribution in [0.2, 0.25) is 0 Å². The molecule has 0 unspecified atom stereocenters. The molecule has 4 aromatic rings. The zero-order chi connectivity index (χ0) is 22.0. The van der Waals surface area contributed by atoms with Crippen molar-refractivity contribution in [2.45, 2.75) is 13.3 Å². The zero-order valence-electron chi connectivity index (χ0n) is 16.4. The van der Waals surface area contributed by atoms with Crippen LogP contribution in [0, 0.1) is 0 Å². The highest BCUT2D eigenvalue weighted by Crippen LogP contribution is 2.27. The summed E-state index contributed by atoms with van der Waals surface area (Å²) >= 11 is 0. The summed E-state index contributed by atoms with van der Waals surface area (Å²) in [5.41, 5.74) is 4.65. The van der Waals surface area contributed by atoms with Crippen LogP contribution in [0.5, 0.6) is 5.75 Å². The Morgan fingerprint density at radius 3 is 2.45 bits per heavy atom. The Labute approximate surface area is 176 Å². The molecular weight excluding hydrogens is 405 g/mol. The summed E-state index contributed by atoms with van der Waals surface area (Å²) in [6.45, 7) is 1.54. The fraction of sp³-hybridized carbons (Fsp3) is 0.0833. The monoisotopic (exact) mass is 422 g/mol. The summed E-state index contributed by atoms with van der Waals surface area (Å²) in [7, 11) is 0. The smallest absolute Gasteiger partial charge is 0.406 e. The molecule has 0 aliphatic rings. The van der Waals surface area contributed by atoms with Crippen LogP contribution in [0.15, 0.2) is 66.7 Å². The number of hydrogen-bond donors (Lipinski definition) is 1. The molecular formula is C24H17F3N2O2. The van der Waals surface area contributed by atoms with Crippen LogP contribution in [0.3, 0.4) is 0 Å². The average molecular weight is 422 g/mol. The van der Waals surface area contributed by atoms with Gasteiger partial charge in [0.1, 0.15) is 11.6 Å². The molecule has 0 fully saturated rings. The maximum Gasteiger partial charge on any atom is 0.573 e. The Morgan fingerprint density at radius 2 is 1.74 bits per heavy atom. The lowest BCUT2D eigenvalue weighted by Gasteiger charge is -2.08. The van der Waals surface area contributed by atoms with Gasteiger partial charge in [0.2, 0.25) is 0 Å². The number of nitrogens with one attached hydrogen (secondary N) is 1. The lowest BCUT2D eigenvalue weighted by Crippen LogP contribution is -2.16. The quantitative estimate of drug-likeness (QED) is 0.374. The minimum atomic E-state index is -4.71. The standard InChI is InChI=1S/C24H17F3N2O2/c1-15(30)19-4-2-3-5-20(19)17-9-12-21-22(14-17)29-23(28-21)13-8-16-6-10-18(11-7-16)31-24(25,26)27/h2-14H,1H3,(H,28,29). The van der Waals surface area contributed by atoms with Crippen LogP contribution in [0.4, 0.5) is 13.2 Å². The third-order valence-corrected chi connectivity index (χ3v) is 4.67.